The van der Waals surface area contributed by atoms with Crippen LogP contribution in [0.3, 0.4) is 0 Å². The van der Waals surface area contributed by atoms with Gasteiger partial charge in [-0.3, -0.25) is 0 Å². The molecule has 4 rings (SSSR count). The third-order valence-corrected chi connectivity index (χ3v) is 3.77. The second-order valence-electron chi connectivity index (χ2n) is 4.59. The Labute approximate surface area is 135 Å². The fourth-order valence-electron chi connectivity index (χ4n) is 1.94. The van der Waals surface area contributed by atoms with Crippen LogP contribution in [0.25, 0.3) is 11.2 Å². The molecule has 0 atom stereocenters. The summed E-state index contributed by atoms with van der Waals surface area (Å²) < 4.78 is 11.1. The highest BCUT2D eigenvalue weighted by Gasteiger charge is 2.11. The van der Waals surface area contributed by atoms with Crippen molar-refractivity contribution in [2.45, 2.75) is 11.0 Å². The first-order valence-electron chi connectivity index (χ1n) is 6.86. The van der Waals surface area contributed by atoms with E-state index in [1.165, 1.54) is 11.8 Å². The van der Waals surface area contributed by atoms with Gasteiger partial charge in [0.15, 0.2) is 11.2 Å². The van der Waals surface area contributed by atoms with Crippen LogP contribution in [0.4, 0.5) is 11.7 Å². The number of anilines is 2. The molecule has 0 aliphatic rings. The van der Waals surface area contributed by atoms with E-state index in [2.05, 4.69) is 25.5 Å². The lowest BCUT2D eigenvalue weighted by molar-refractivity contribution is 0.487. The number of nitrogens with one attached hydrogen (secondary N) is 1. The van der Waals surface area contributed by atoms with Crippen molar-refractivity contribution in [2.75, 3.05) is 5.32 Å². The molecule has 8 heteroatoms. The van der Waals surface area contributed by atoms with Gasteiger partial charge in [-0.2, -0.15) is 4.98 Å². The Morgan fingerprint density at radius 1 is 1.00 bits per heavy atom. The molecular weight excluding hydrogens is 314 g/mol. The molecule has 0 spiro atoms. The second-order valence-corrected chi connectivity index (χ2v) is 5.51. The molecule has 3 heterocycles. The molecule has 1 N–H and O–H groups in total. The first kappa shape index (κ1) is 13.8. The van der Waals surface area contributed by atoms with Gasteiger partial charge in [0.05, 0.1) is 5.75 Å². The molecule has 0 amide bonds. The number of benzene rings is 1. The van der Waals surface area contributed by atoms with Gasteiger partial charge in [-0.15, -0.1) is 5.10 Å². The van der Waals surface area contributed by atoms with Crippen molar-refractivity contribution in [3.63, 3.8) is 0 Å². The number of pyridine rings is 1. The minimum Gasteiger partial charge on any atom is -0.430 e. The molecule has 0 radical (unpaired) electrons. The number of fused-ring (bicyclic) bond motifs is 1. The summed E-state index contributed by atoms with van der Waals surface area (Å²) in [5, 5.41) is 11.5. The zero-order valence-electron chi connectivity index (χ0n) is 11.8. The van der Waals surface area contributed by atoms with E-state index >= 15 is 0 Å². The SMILES string of the molecule is c1ccc(Nc2nnc(CSc3nc4ncccc4o3)o2)cc1. The minimum absolute atomic E-state index is 0.353. The number of oxazole rings is 1. The summed E-state index contributed by atoms with van der Waals surface area (Å²) in [4.78, 5) is 8.41. The van der Waals surface area contributed by atoms with Crippen molar-refractivity contribution in [1.29, 1.82) is 0 Å². The maximum atomic E-state index is 5.58. The van der Waals surface area contributed by atoms with E-state index in [0.29, 0.717) is 34.1 Å². The van der Waals surface area contributed by atoms with Gasteiger partial charge in [-0.25, -0.2) is 4.98 Å². The Kier molecular flexibility index (Phi) is 3.65. The molecule has 1 aromatic carbocycles. The fourth-order valence-corrected chi connectivity index (χ4v) is 2.61. The lowest BCUT2D eigenvalue weighted by Crippen LogP contribution is -1.88. The van der Waals surface area contributed by atoms with Crippen molar-refractivity contribution >= 4 is 34.7 Å². The third kappa shape index (κ3) is 3.16. The predicted octanol–water partition coefficient (Wildman–Crippen LogP) is 3.64. The molecule has 0 aliphatic carbocycles. The van der Waals surface area contributed by atoms with Crippen LogP contribution in [-0.4, -0.2) is 20.2 Å². The lowest BCUT2D eigenvalue weighted by atomic mass is 10.3. The van der Waals surface area contributed by atoms with Crippen LogP contribution in [0.5, 0.6) is 0 Å². The van der Waals surface area contributed by atoms with Crippen LogP contribution in [0.15, 0.2) is 62.7 Å². The molecule has 23 heavy (non-hydrogen) atoms. The zero-order valence-corrected chi connectivity index (χ0v) is 12.7. The highest BCUT2D eigenvalue weighted by Crippen LogP contribution is 2.25. The highest BCUT2D eigenvalue weighted by molar-refractivity contribution is 7.98. The van der Waals surface area contributed by atoms with Crippen LogP contribution in [-0.2, 0) is 5.75 Å². The van der Waals surface area contributed by atoms with Crippen LogP contribution in [0.2, 0.25) is 0 Å². The van der Waals surface area contributed by atoms with E-state index in [-0.39, 0.29) is 0 Å². The Bertz CT molecular complexity index is 889. The average Bonchev–Trinajstić information content (AvgIpc) is 3.20. The van der Waals surface area contributed by atoms with E-state index in [9.17, 15) is 0 Å². The number of rotatable bonds is 5. The first-order chi connectivity index (χ1) is 11.4. The smallest absolute Gasteiger partial charge is 0.320 e. The average molecular weight is 325 g/mol. The summed E-state index contributed by atoms with van der Waals surface area (Å²) in [6.45, 7) is 0. The summed E-state index contributed by atoms with van der Waals surface area (Å²) in [6, 6.07) is 13.6. The Morgan fingerprint density at radius 3 is 2.78 bits per heavy atom. The first-order valence-corrected chi connectivity index (χ1v) is 7.84. The van der Waals surface area contributed by atoms with Crippen LogP contribution in [0.1, 0.15) is 5.89 Å². The Balaban J connectivity index is 1.41. The molecule has 7 nitrogen and oxygen atoms in total. The van der Waals surface area contributed by atoms with Crippen molar-refractivity contribution in [1.82, 2.24) is 20.2 Å². The Hall–Kier alpha value is -2.87. The number of aromatic nitrogens is 4. The Morgan fingerprint density at radius 2 is 1.91 bits per heavy atom. The van der Waals surface area contributed by atoms with Crippen molar-refractivity contribution in [3.05, 3.63) is 54.6 Å². The molecule has 0 aliphatic heterocycles. The molecule has 114 valence electrons. The number of para-hydroxylation sites is 1. The van der Waals surface area contributed by atoms with E-state index in [4.69, 9.17) is 8.83 Å². The molecule has 0 saturated heterocycles. The fraction of sp³-hybridized carbons (Fsp3) is 0.0667. The van der Waals surface area contributed by atoms with Crippen LogP contribution >= 0.6 is 11.8 Å². The summed E-state index contributed by atoms with van der Waals surface area (Å²) in [5.74, 6) is 0.958. The quantitative estimate of drug-likeness (QED) is 0.556. The monoisotopic (exact) mass is 325 g/mol. The van der Waals surface area contributed by atoms with Gasteiger partial charge < -0.3 is 14.2 Å². The molecule has 0 saturated carbocycles. The summed E-state index contributed by atoms with van der Waals surface area (Å²) in [7, 11) is 0. The number of nitrogens with zero attached hydrogens (tertiary/aromatic N) is 4. The molecule has 4 aromatic rings. The standard InChI is InChI=1S/C15H11N5O2S/c1-2-5-10(6-3-1)17-14-20-19-12(22-14)9-23-15-18-13-11(21-15)7-4-8-16-13/h1-8H,9H2,(H,17,20). The molecular formula is C15H11N5O2S. The summed E-state index contributed by atoms with van der Waals surface area (Å²) in [6.07, 6.45) is 1.68. The maximum Gasteiger partial charge on any atom is 0.320 e. The van der Waals surface area contributed by atoms with E-state index in [1.807, 2.05) is 42.5 Å². The predicted molar refractivity (Wildman–Crippen MR) is 85.4 cm³/mol. The molecule has 3 aromatic heterocycles. The highest BCUT2D eigenvalue weighted by atomic mass is 32.2. The maximum absolute atomic E-state index is 5.58. The zero-order chi connectivity index (χ0) is 15.5. The largest absolute Gasteiger partial charge is 0.430 e. The van der Waals surface area contributed by atoms with E-state index in [0.717, 1.165) is 5.69 Å². The number of hydrogen-bond donors (Lipinski definition) is 1. The lowest BCUT2D eigenvalue weighted by Gasteiger charge is -1.98. The second kappa shape index (κ2) is 6.09. The topological polar surface area (TPSA) is 89.9 Å². The minimum atomic E-state index is 0.353. The van der Waals surface area contributed by atoms with E-state index in [1.54, 1.807) is 6.20 Å². The van der Waals surface area contributed by atoms with Crippen LogP contribution in [0, 0.1) is 0 Å². The summed E-state index contributed by atoms with van der Waals surface area (Å²) >= 11 is 1.38. The van der Waals surface area contributed by atoms with Crippen molar-refractivity contribution in [2.24, 2.45) is 0 Å². The summed E-state index contributed by atoms with van der Waals surface area (Å²) in [5.41, 5.74) is 2.14. The van der Waals surface area contributed by atoms with Gasteiger partial charge in [0.2, 0.25) is 5.89 Å². The number of hydrogen-bond acceptors (Lipinski definition) is 8. The van der Waals surface area contributed by atoms with Gasteiger partial charge in [-0.1, -0.05) is 35.1 Å². The third-order valence-electron chi connectivity index (χ3n) is 2.96. The molecule has 0 bridgehead atoms. The van der Waals surface area contributed by atoms with Gasteiger partial charge in [0.1, 0.15) is 0 Å². The molecule has 0 unspecified atom stereocenters. The van der Waals surface area contributed by atoms with E-state index < -0.39 is 0 Å². The van der Waals surface area contributed by atoms with Gasteiger partial charge >= 0.3 is 6.01 Å². The van der Waals surface area contributed by atoms with Crippen LogP contribution < -0.4 is 5.32 Å². The number of thioether (sulfide) groups is 1. The molecule has 0 fully saturated rings. The van der Waals surface area contributed by atoms with Gasteiger partial charge in [-0.05, 0) is 24.3 Å². The van der Waals surface area contributed by atoms with Gasteiger partial charge in [0.25, 0.3) is 5.22 Å². The normalized spacial score (nSPS) is 11.0. The van der Waals surface area contributed by atoms with Crippen molar-refractivity contribution < 1.29 is 8.83 Å². The van der Waals surface area contributed by atoms with Gasteiger partial charge in [0, 0.05) is 11.9 Å². The van der Waals surface area contributed by atoms with Crippen molar-refractivity contribution in [3.8, 4) is 0 Å².